The number of carbonyl (C=O) groups excluding carboxylic acids is 1. The normalized spacial score (nSPS) is 12.7. The summed E-state index contributed by atoms with van der Waals surface area (Å²) in [6.45, 7) is 2.58. The van der Waals surface area contributed by atoms with Gasteiger partial charge in [0.25, 0.3) is 0 Å². The number of benzene rings is 5. The van der Waals surface area contributed by atoms with Crippen LogP contribution in [-0.2, 0) is 4.74 Å². The highest BCUT2D eigenvalue weighted by Crippen LogP contribution is 2.39. The van der Waals surface area contributed by atoms with Crippen molar-refractivity contribution in [2.75, 3.05) is 11.6 Å². The number of rotatable bonds is 10. The minimum absolute atomic E-state index is 0.283. The average molecular weight is 563 g/mol. The Balaban J connectivity index is 1.35. The van der Waals surface area contributed by atoms with Crippen molar-refractivity contribution in [1.29, 1.82) is 0 Å². The lowest BCUT2D eigenvalue weighted by Gasteiger charge is -2.21. The van der Waals surface area contributed by atoms with Crippen molar-refractivity contribution in [3.05, 3.63) is 155 Å². The van der Waals surface area contributed by atoms with Crippen LogP contribution in [0, 0.1) is 0 Å². The van der Waals surface area contributed by atoms with Gasteiger partial charge in [-0.3, -0.25) is 0 Å². The molecule has 43 heavy (non-hydrogen) atoms. The van der Waals surface area contributed by atoms with Crippen molar-refractivity contribution >= 4 is 35.2 Å². The summed E-state index contributed by atoms with van der Waals surface area (Å²) in [5.74, 6) is -0.283. The summed E-state index contributed by atoms with van der Waals surface area (Å²) >= 11 is 0. The van der Waals surface area contributed by atoms with E-state index in [9.17, 15) is 4.79 Å². The first-order valence-electron chi connectivity index (χ1n) is 14.9. The summed E-state index contributed by atoms with van der Waals surface area (Å²) in [6, 6.07) is 42.9. The van der Waals surface area contributed by atoms with Crippen LogP contribution in [0.4, 0.5) is 11.4 Å². The van der Waals surface area contributed by atoms with E-state index in [1.165, 1.54) is 0 Å². The molecule has 0 spiro atoms. The van der Waals surface area contributed by atoms with E-state index < -0.39 is 0 Å². The van der Waals surface area contributed by atoms with Crippen molar-refractivity contribution in [2.45, 2.75) is 26.2 Å². The van der Waals surface area contributed by atoms with E-state index in [0.29, 0.717) is 12.2 Å². The molecule has 0 amide bonds. The minimum atomic E-state index is -0.283. The van der Waals surface area contributed by atoms with Crippen LogP contribution in [0.1, 0.15) is 58.8 Å². The lowest BCUT2D eigenvalue weighted by Crippen LogP contribution is -2.14. The number of hydrogen-bond donors (Lipinski definition) is 0. The Morgan fingerprint density at radius 1 is 0.651 bits per heavy atom. The monoisotopic (exact) mass is 562 g/mol. The van der Waals surface area contributed by atoms with E-state index in [4.69, 9.17) is 9.84 Å². The summed E-state index contributed by atoms with van der Waals surface area (Å²) in [5, 5.41) is 7.27. The topological polar surface area (TPSA) is 41.9 Å². The Hall–Kier alpha value is -5.22. The van der Waals surface area contributed by atoms with Crippen molar-refractivity contribution in [2.24, 2.45) is 5.10 Å². The molecule has 5 aromatic rings. The van der Waals surface area contributed by atoms with Gasteiger partial charge in [-0.25, -0.2) is 9.80 Å². The number of fused-ring (bicyclic) bond motifs is 3. The van der Waals surface area contributed by atoms with Crippen LogP contribution in [0.25, 0.3) is 23.3 Å². The number of ether oxygens (including phenoxy) is 1. The lowest BCUT2D eigenvalue weighted by atomic mass is 10.0. The number of esters is 1. The molecule has 0 radical (unpaired) electrons. The Morgan fingerprint density at radius 3 is 1.98 bits per heavy atom. The van der Waals surface area contributed by atoms with E-state index >= 15 is 0 Å². The maximum absolute atomic E-state index is 12.8. The molecule has 4 heteroatoms. The molecule has 1 aliphatic rings. The van der Waals surface area contributed by atoms with Crippen LogP contribution in [0.3, 0.4) is 0 Å². The molecule has 0 heterocycles. The van der Waals surface area contributed by atoms with Gasteiger partial charge < -0.3 is 4.74 Å². The van der Waals surface area contributed by atoms with E-state index in [-0.39, 0.29) is 5.97 Å². The third-order valence-corrected chi connectivity index (χ3v) is 7.57. The summed E-state index contributed by atoms with van der Waals surface area (Å²) in [5.41, 5.74) is 9.69. The second-order valence-electron chi connectivity index (χ2n) is 10.6. The zero-order chi connectivity index (χ0) is 29.4. The summed E-state index contributed by atoms with van der Waals surface area (Å²) < 4.78 is 5.55. The Bertz CT molecular complexity index is 1760. The quantitative estimate of drug-likeness (QED) is 0.0722. The number of anilines is 2. The smallest absolute Gasteiger partial charge is 0.338 e. The van der Waals surface area contributed by atoms with Crippen molar-refractivity contribution in [1.82, 2.24) is 0 Å². The molecular weight excluding hydrogens is 528 g/mol. The molecule has 0 bridgehead atoms. The molecule has 0 fully saturated rings. The Kier molecular flexibility index (Phi) is 8.56. The molecule has 0 saturated heterocycles. The van der Waals surface area contributed by atoms with Gasteiger partial charge in [0.15, 0.2) is 0 Å². The first-order chi connectivity index (χ1) is 21.2. The molecule has 0 N–H and O–H groups in total. The van der Waals surface area contributed by atoms with E-state index in [1.54, 1.807) is 0 Å². The highest BCUT2D eigenvalue weighted by Gasteiger charge is 2.27. The predicted molar refractivity (Wildman–Crippen MR) is 178 cm³/mol. The fourth-order valence-electron chi connectivity index (χ4n) is 5.30. The van der Waals surface area contributed by atoms with Crippen molar-refractivity contribution < 1.29 is 9.53 Å². The van der Waals surface area contributed by atoms with Gasteiger partial charge in [0.2, 0.25) is 0 Å². The van der Waals surface area contributed by atoms with Gasteiger partial charge in [0.1, 0.15) is 0 Å². The van der Waals surface area contributed by atoms with Gasteiger partial charge in [0, 0.05) is 11.1 Å². The number of unbranched alkanes of at least 4 members (excludes halogenated alkanes) is 2. The number of hydrazone groups is 1. The minimum Gasteiger partial charge on any atom is -0.462 e. The van der Waals surface area contributed by atoms with Gasteiger partial charge in [0.05, 0.1) is 29.3 Å². The fraction of sp³-hybridized carbons (Fsp3) is 0.128. The zero-order valence-corrected chi connectivity index (χ0v) is 24.3. The van der Waals surface area contributed by atoms with Gasteiger partial charge in [-0.05, 0) is 65.1 Å². The van der Waals surface area contributed by atoms with Crippen LogP contribution >= 0.6 is 0 Å². The summed E-state index contributed by atoms with van der Waals surface area (Å²) in [7, 11) is 0. The molecule has 5 aromatic carbocycles. The number of hydrogen-bond acceptors (Lipinski definition) is 4. The third-order valence-electron chi connectivity index (χ3n) is 7.57. The molecule has 4 nitrogen and oxygen atoms in total. The second-order valence-corrected chi connectivity index (χ2v) is 10.6. The summed E-state index contributed by atoms with van der Waals surface area (Å²) in [6.07, 6.45) is 7.26. The average Bonchev–Trinajstić information content (AvgIpc) is 3.38. The third kappa shape index (κ3) is 6.34. The Morgan fingerprint density at radius 2 is 1.26 bits per heavy atom. The molecule has 0 aromatic heterocycles. The van der Waals surface area contributed by atoms with Crippen molar-refractivity contribution in [3.8, 4) is 11.1 Å². The molecule has 0 aliphatic heterocycles. The van der Waals surface area contributed by atoms with Gasteiger partial charge >= 0.3 is 5.97 Å². The largest absolute Gasteiger partial charge is 0.462 e. The highest BCUT2D eigenvalue weighted by atomic mass is 16.5. The maximum atomic E-state index is 12.8. The van der Waals surface area contributed by atoms with E-state index in [0.717, 1.165) is 69.7 Å². The molecule has 1 aliphatic carbocycles. The predicted octanol–water partition coefficient (Wildman–Crippen LogP) is 9.78. The zero-order valence-electron chi connectivity index (χ0n) is 24.3. The van der Waals surface area contributed by atoms with Crippen LogP contribution in [0.5, 0.6) is 0 Å². The van der Waals surface area contributed by atoms with Crippen LogP contribution in [0.2, 0.25) is 0 Å². The fourth-order valence-corrected chi connectivity index (χ4v) is 5.30. The van der Waals surface area contributed by atoms with Crippen LogP contribution < -0.4 is 5.01 Å². The number of para-hydroxylation sites is 1. The second kappa shape index (κ2) is 13.2. The van der Waals surface area contributed by atoms with Crippen molar-refractivity contribution in [3.63, 3.8) is 0 Å². The van der Waals surface area contributed by atoms with E-state index in [1.807, 2.05) is 71.7 Å². The molecular formula is C39H34N2O2. The molecule has 0 saturated carbocycles. The molecule has 0 unspecified atom stereocenters. The molecule has 212 valence electrons. The Labute approximate surface area is 253 Å². The summed E-state index contributed by atoms with van der Waals surface area (Å²) in [4.78, 5) is 12.8. The van der Waals surface area contributed by atoms with Crippen LogP contribution in [-0.4, -0.2) is 18.3 Å². The first-order valence-corrected chi connectivity index (χ1v) is 14.9. The maximum Gasteiger partial charge on any atom is 0.338 e. The standard InChI is InChI=1S/C39H34N2O2/c1-2-3-12-27-43-39(42)31-23-26-36-37(28-31)34-17-10-11-18-35(34)38(36)40-41(32-15-8-5-9-16-32)33-24-21-30(22-25-33)20-19-29-13-6-4-7-14-29/h4-11,13-26,28H,2-3,12,27H2,1H3/b20-19+,40-38-. The SMILES string of the molecule is CCCCCOC(=O)c1ccc2c(c1)-c1ccccc1/C2=N/N(c1ccccc1)c1ccc(/C=C/c2ccccc2)cc1. The lowest BCUT2D eigenvalue weighted by molar-refractivity contribution is 0.0498. The number of nitrogens with zero attached hydrogens (tertiary/aromatic N) is 2. The molecule has 6 rings (SSSR count). The van der Waals surface area contributed by atoms with Gasteiger partial charge in [-0.2, -0.15) is 5.10 Å². The van der Waals surface area contributed by atoms with Crippen LogP contribution in [0.15, 0.2) is 132 Å². The highest BCUT2D eigenvalue weighted by molar-refractivity contribution is 6.25. The number of carbonyl (C=O) groups is 1. The van der Waals surface area contributed by atoms with E-state index in [2.05, 4.69) is 79.7 Å². The van der Waals surface area contributed by atoms with Gasteiger partial charge in [-0.1, -0.05) is 123 Å². The van der Waals surface area contributed by atoms with Gasteiger partial charge in [-0.15, -0.1) is 0 Å². The molecule has 0 atom stereocenters. The first kappa shape index (κ1) is 27.9.